The maximum atomic E-state index is 5.05. The Morgan fingerprint density at radius 1 is 0.474 bits per heavy atom. The summed E-state index contributed by atoms with van der Waals surface area (Å²) in [4.78, 5) is 7.50. The molecule has 0 radical (unpaired) electrons. The highest BCUT2D eigenvalue weighted by Gasteiger charge is 2.22. The van der Waals surface area contributed by atoms with E-state index < -0.39 is 0 Å². The Labute approximate surface area is 226 Å². The summed E-state index contributed by atoms with van der Waals surface area (Å²) < 4.78 is 2.21. The first-order chi connectivity index (χ1) is 18.9. The van der Waals surface area contributed by atoms with E-state index in [-0.39, 0.29) is 0 Å². The summed E-state index contributed by atoms with van der Waals surface area (Å²) >= 11 is 1.83. The number of hydrogen-bond donors (Lipinski definition) is 0. The van der Waals surface area contributed by atoms with Gasteiger partial charge in [-0.2, -0.15) is 0 Å². The van der Waals surface area contributed by atoms with E-state index in [1.807, 2.05) is 23.7 Å². The summed E-state index contributed by atoms with van der Waals surface area (Å²) in [7, 11) is 0. The van der Waals surface area contributed by atoms with Crippen LogP contribution in [0.25, 0.3) is 59.9 Å². The molecule has 0 aliphatic rings. The second-order valence-corrected chi connectivity index (χ2v) is 10.3. The van der Waals surface area contributed by atoms with Gasteiger partial charge in [-0.15, -0.1) is 11.3 Å². The zero-order valence-corrected chi connectivity index (χ0v) is 21.5. The van der Waals surface area contributed by atoms with Crippen molar-refractivity contribution in [1.29, 1.82) is 0 Å². The molecule has 180 valence electrons. The summed E-state index contributed by atoms with van der Waals surface area (Å²) in [5.41, 5.74) is 8.06. The fourth-order valence-electron chi connectivity index (χ4n) is 5.19. The number of fused-ring (bicyclic) bond motifs is 1. The molecule has 0 aliphatic carbocycles. The molecule has 0 N–H and O–H groups in total. The van der Waals surface area contributed by atoms with Crippen LogP contribution >= 0.6 is 11.3 Å². The van der Waals surface area contributed by atoms with Gasteiger partial charge in [-0.25, -0.2) is 4.98 Å². The van der Waals surface area contributed by atoms with Crippen LogP contribution in [0.5, 0.6) is 0 Å². The molecule has 0 saturated heterocycles. The topological polar surface area (TPSA) is 17.8 Å². The molecule has 5 aromatic carbocycles. The predicted octanol–water partition coefficient (Wildman–Crippen LogP) is 9.75. The van der Waals surface area contributed by atoms with Crippen LogP contribution in [0.2, 0.25) is 0 Å². The lowest BCUT2D eigenvalue weighted by molar-refractivity contribution is 1.06. The Kier molecular flexibility index (Phi) is 5.69. The van der Waals surface area contributed by atoms with E-state index in [0.717, 1.165) is 22.6 Å². The van der Waals surface area contributed by atoms with Crippen molar-refractivity contribution in [2.45, 2.75) is 0 Å². The first kappa shape index (κ1) is 22.5. The van der Waals surface area contributed by atoms with Gasteiger partial charge in [-0.3, -0.25) is 4.57 Å². The van der Waals surface area contributed by atoms with Crippen LogP contribution in [0, 0.1) is 0 Å². The molecular weight excluding hydrogens is 480 g/mol. The fourth-order valence-corrected chi connectivity index (χ4v) is 6.50. The lowest BCUT2D eigenvalue weighted by Crippen LogP contribution is -1.95. The monoisotopic (exact) mass is 504 g/mol. The van der Waals surface area contributed by atoms with E-state index in [4.69, 9.17) is 4.98 Å². The molecular formula is C35H24N2S. The lowest BCUT2D eigenvalue weighted by atomic mass is 9.97. The van der Waals surface area contributed by atoms with Gasteiger partial charge in [0.05, 0.1) is 10.6 Å². The molecule has 7 aromatic rings. The Morgan fingerprint density at radius 2 is 1.00 bits per heavy atom. The summed E-state index contributed by atoms with van der Waals surface area (Å²) in [6.07, 6.45) is 1.96. The van der Waals surface area contributed by atoms with Gasteiger partial charge in [-0.05, 0) is 23.3 Å². The third kappa shape index (κ3) is 3.85. The second kappa shape index (κ2) is 9.62. The molecule has 0 bridgehead atoms. The minimum atomic E-state index is 1.00. The van der Waals surface area contributed by atoms with Crippen molar-refractivity contribution in [2.24, 2.45) is 0 Å². The van der Waals surface area contributed by atoms with E-state index in [1.165, 1.54) is 37.2 Å². The van der Waals surface area contributed by atoms with Crippen molar-refractivity contribution in [3.8, 4) is 49.1 Å². The second-order valence-electron chi connectivity index (χ2n) is 9.23. The van der Waals surface area contributed by atoms with Crippen molar-refractivity contribution >= 4 is 22.1 Å². The highest BCUT2D eigenvalue weighted by molar-refractivity contribution is 7.21. The Hall–Kier alpha value is -4.73. The first-order valence-corrected chi connectivity index (χ1v) is 13.5. The molecule has 3 heteroatoms. The van der Waals surface area contributed by atoms with Gasteiger partial charge in [0, 0.05) is 32.5 Å². The lowest BCUT2D eigenvalue weighted by Gasteiger charge is -2.10. The number of rotatable bonds is 5. The van der Waals surface area contributed by atoms with Crippen LogP contribution < -0.4 is 0 Å². The van der Waals surface area contributed by atoms with Gasteiger partial charge < -0.3 is 0 Å². The quantitative estimate of drug-likeness (QED) is 0.228. The third-order valence-electron chi connectivity index (χ3n) is 6.94. The summed E-state index contributed by atoms with van der Waals surface area (Å²) in [6.45, 7) is 0. The maximum absolute atomic E-state index is 5.05. The van der Waals surface area contributed by atoms with Crippen molar-refractivity contribution < 1.29 is 0 Å². The summed E-state index contributed by atoms with van der Waals surface area (Å²) in [5, 5.41) is 2.48. The van der Waals surface area contributed by atoms with Crippen LogP contribution in [-0.2, 0) is 0 Å². The van der Waals surface area contributed by atoms with Gasteiger partial charge in [0.25, 0.3) is 0 Å². The average Bonchev–Trinajstić information content (AvgIpc) is 3.61. The van der Waals surface area contributed by atoms with Crippen LogP contribution in [0.15, 0.2) is 146 Å². The Balaban J connectivity index is 1.49. The standard InChI is InChI=1S/C35H24N2S/c1-4-14-25(15-5-1)28-20-10-11-21-29(28)34-30-22-12-13-23-31(30)35(38-34)32-33(26-16-6-2-7-17-26)37(24-36-32)27-18-8-3-9-19-27/h1-24H. The van der Waals surface area contributed by atoms with Crippen molar-refractivity contribution in [1.82, 2.24) is 9.55 Å². The van der Waals surface area contributed by atoms with Gasteiger partial charge in [0.15, 0.2) is 0 Å². The predicted molar refractivity (Wildman–Crippen MR) is 161 cm³/mol. The number of thiophene rings is 1. The smallest absolute Gasteiger partial charge is 0.107 e. The Bertz CT molecular complexity index is 1850. The number of benzene rings is 5. The molecule has 0 aliphatic heterocycles. The molecule has 0 unspecified atom stereocenters. The number of aromatic nitrogens is 2. The highest BCUT2D eigenvalue weighted by atomic mass is 32.1. The molecule has 0 amide bonds. The number of imidazole rings is 1. The van der Waals surface area contributed by atoms with E-state index in [1.54, 1.807) is 0 Å². The molecule has 0 saturated carbocycles. The number of nitrogens with zero attached hydrogens (tertiary/aromatic N) is 2. The molecule has 2 heterocycles. The van der Waals surface area contributed by atoms with Crippen molar-refractivity contribution in [3.05, 3.63) is 146 Å². The molecule has 2 aromatic heterocycles. The number of hydrogen-bond acceptors (Lipinski definition) is 2. The highest BCUT2D eigenvalue weighted by Crippen LogP contribution is 2.48. The van der Waals surface area contributed by atoms with E-state index >= 15 is 0 Å². The van der Waals surface area contributed by atoms with E-state index in [0.29, 0.717) is 0 Å². The minimum absolute atomic E-state index is 1.00. The van der Waals surface area contributed by atoms with Crippen molar-refractivity contribution in [2.75, 3.05) is 0 Å². The van der Waals surface area contributed by atoms with Crippen LogP contribution in [0.1, 0.15) is 0 Å². The first-order valence-electron chi connectivity index (χ1n) is 12.7. The van der Waals surface area contributed by atoms with Gasteiger partial charge in [0.2, 0.25) is 0 Å². The van der Waals surface area contributed by atoms with E-state index in [2.05, 4.69) is 138 Å². The Morgan fingerprint density at radius 3 is 1.68 bits per heavy atom. The molecule has 0 atom stereocenters. The third-order valence-corrected chi connectivity index (χ3v) is 8.20. The maximum Gasteiger partial charge on any atom is 0.107 e. The van der Waals surface area contributed by atoms with Gasteiger partial charge >= 0.3 is 0 Å². The fraction of sp³-hybridized carbons (Fsp3) is 0. The van der Waals surface area contributed by atoms with Crippen LogP contribution in [0.3, 0.4) is 0 Å². The zero-order chi connectivity index (χ0) is 25.3. The number of para-hydroxylation sites is 1. The SMILES string of the molecule is c1ccc(-c2ccccc2-c2sc(-c3ncn(-c4ccccc4)c3-c3ccccc3)c3ccccc23)cc1. The molecule has 2 nitrogen and oxygen atoms in total. The van der Waals surface area contributed by atoms with Gasteiger partial charge in [-0.1, -0.05) is 127 Å². The molecule has 0 spiro atoms. The summed E-state index contributed by atoms with van der Waals surface area (Å²) in [5.74, 6) is 0. The van der Waals surface area contributed by atoms with E-state index in [9.17, 15) is 0 Å². The summed E-state index contributed by atoms with van der Waals surface area (Å²) in [6, 6.07) is 49.1. The largest absolute Gasteiger partial charge is 0.298 e. The normalized spacial score (nSPS) is 11.2. The molecule has 0 fully saturated rings. The van der Waals surface area contributed by atoms with Crippen LogP contribution in [-0.4, -0.2) is 9.55 Å². The molecule has 38 heavy (non-hydrogen) atoms. The average molecular weight is 505 g/mol. The van der Waals surface area contributed by atoms with Crippen molar-refractivity contribution in [3.63, 3.8) is 0 Å². The van der Waals surface area contributed by atoms with Crippen LogP contribution in [0.4, 0.5) is 0 Å². The zero-order valence-electron chi connectivity index (χ0n) is 20.7. The molecule has 7 rings (SSSR count). The van der Waals surface area contributed by atoms with Gasteiger partial charge in [0.1, 0.15) is 12.0 Å². The minimum Gasteiger partial charge on any atom is -0.298 e.